The van der Waals surface area contributed by atoms with Crippen molar-refractivity contribution in [2.24, 2.45) is 0 Å². The summed E-state index contributed by atoms with van der Waals surface area (Å²) in [6.45, 7) is 4.80. The van der Waals surface area contributed by atoms with E-state index >= 15 is 0 Å². The second kappa shape index (κ2) is 6.84. The number of nitro benzene ring substituents is 1. The number of rotatable bonds is 6. The molecule has 0 fully saturated rings. The third kappa shape index (κ3) is 3.91. The summed E-state index contributed by atoms with van der Waals surface area (Å²) < 4.78 is 1.83. The Morgan fingerprint density at radius 2 is 2.14 bits per heavy atom. The first kappa shape index (κ1) is 15.7. The number of aromatic nitrogens is 2. The van der Waals surface area contributed by atoms with Crippen LogP contribution in [0.4, 0.5) is 5.69 Å². The van der Waals surface area contributed by atoms with Gasteiger partial charge in [-0.1, -0.05) is 0 Å². The number of amides is 1. The van der Waals surface area contributed by atoms with Crippen molar-refractivity contribution in [1.29, 1.82) is 0 Å². The van der Waals surface area contributed by atoms with Crippen molar-refractivity contribution in [3.63, 3.8) is 0 Å². The van der Waals surface area contributed by atoms with Crippen LogP contribution in [0, 0.1) is 24.0 Å². The van der Waals surface area contributed by atoms with Crippen LogP contribution in [0.1, 0.15) is 28.0 Å². The van der Waals surface area contributed by atoms with Gasteiger partial charge in [0.05, 0.1) is 10.6 Å². The van der Waals surface area contributed by atoms with Crippen molar-refractivity contribution in [3.8, 4) is 0 Å². The first-order valence-corrected chi connectivity index (χ1v) is 7.00. The Hall–Kier alpha value is -2.70. The molecule has 0 saturated carbocycles. The highest BCUT2D eigenvalue weighted by molar-refractivity contribution is 5.94. The van der Waals surface area contributed by atoms with Gasteiger partial charge >= 0.3 is 0 Å². The monoisotopic (exact) mass is 302 g/mol. The lowest BCUT2D eigenvalue weighted by atomic mass is 10.1. The maximum Gasteiger partial charge on any atom is 0.272 e. The van der Waals surface area contributed by atoms with E-state index in [4.69, 9.17) is 0 Å². The molecule has 0 atom stereocenters. The molecule has 0 bridgehead atoms. The Balaban J connectivity index is 1.84. The molecule has 22 heavy (non-hydrogen) atoms. The summed E-state index contributed by atoms with van der Waals surface area (Å²) in [5.41, 5.74) is 1.89. The fraction of sp³-hybridized carbons (Fsp3) is 0.333. The zero-order valence-corrected chi connectivity index (χ0v) is 12.6. The normalized spacial score (nSPS) is 10.5. The minimum atomic E-state index is -0.455. The number of nitro groups is 1. The predicted molar refractivity (Wildman–Crippen MR) is 81.7 cm³/mol. The molecule has 1 amide bonds. The van der Waals surface area contributed by atoms with E-state index in [0.29, 0.717) is 17.7 Å². The summed E-state index contributed by atoms with van der Waals surface area (Å²) in [7, 11) is 0. The van der Waals surface area contributed by atoms with E-state index in [9.17, 15) is 14.9 Å². The van der Waals surface area contributed by atoms with Crippen molar-refractivity contribution in [2.45, 2.75) is 26.8 Å². The minimum Gasteiger partial charge on any atom is -0.352 e. The lowest BCUT2D eigenvalue weighted by Gasteiger charge is -2.06. The molecule has 0 radical (unpaired) electrons. The highest BCUT2D eigenvalue weighted by Crippen LogP contribution is 2.18. The van der Waals surface area contributed by atoms with Gasteiger partial charge in [-0.3, -0.25) is 19.6 Å². The van der Waals surface area contributed by atoms with Crippen LogP contribution in [-0.2, 0) is 6.54 Å². The Labute approximate surface area is 128 Å². The molecule has 116 valence electrons. The fourth-order valence-corrected chi connectivity index (χ4v) is 2.13. The van der Waals surface area contributed by atoms with Gasteiger partial charge in [0, 0.05) is 36.5 Å². The van der Waals surface area contributed by atoms with Crippen LogP contribution in [0.5, 0.6) is 0 Å². The van der Waals surface area contributed by atoms with Gasteiger partial charge in [0.2, 0.25) is 0 Å². The molecule has 0 spiro atoms. The molecule has 0 aliphatic carbocycles. The highest BCUT2D eigenvalue weighted by atomic mass is 16.6. The van der Waals surface area contributed by atoms with E-state index < -0.39 is 4.92 Å². The first-order valence-electron chi connectivity index (χ1n) is 7.00. The lowest BCUT2D eigenvalue weighted by molar-refractivity contribution is -0.385. The number of hydrogen-bond donors (Lipinski definition) is 1. The van der Waals surface area contributed by atoms with Crippen LogP contribution >= 0.6 is 0 Å². The SMILES string of the molecule is Cc1ccn(CCCNC(=O)c2ccc([N+](=O)[O-])c(C)c2)n1. The van der Waals surface area contributed by atoms with Gasteiger partial charge in [-0.25, -0.2) is 0 Å². The van der Waals surface area contributed by atoms with Crippen molar-refractivity contribution in [2.75, 3.05) is 6.54 Å². The number of carbonyl (C=O) groups excluding carboxylic acids is 1. The zero-order chi connectivity index (χ0) is 16.1. The number of carbonyl (C=O) groups is 1. The molecule has 0 saturated heterocycles. The molecule has 0 aliphatic rings. The average Bonchev–Trinajstić information content (AvgIpc) is 2.88. The summed E-state index contributed by atoms with van der Waals surface area (Å²) >= 11 is 0. The second-order valence-corrected chi connectivity index (χ2v) is 5.09. The Morgan fingerprint density at radius 1 is 1.36 bits per heavy atom. The van der Waals surface area contributed by atoms with Crippen molar-refractivity contribution < 1.29 is 9.72 Å². The molecule has 2 aromatic rings. The second-order valence-electron chi connectivity index (χ2n) is 5.09. The Kier molecular flexibility index (Phi) is 4.88. The predicted octanol–water partition coefficient (Wildman–Crippen LogP) is 2.23. The molecule has 1 N–H and O–H groups in total. The number of nitrogens with zero attached hydrogens (tertiary/aromatic N) is 3. The standard InChI is InChI=1S/C15H18N4O3/c1-11-10-13(4-5-14(11)19(21)22)15(20)16-7-3-8-18-9-6-12(2)17-18/h4-6,9-10H,3,7-8H2,1-2H3,(H,16,20). The molecule has 7 heteroatoms. The maximum absolute atomic E-state index is 12.0. The van der Waals surface area contributed by atoms with Crippen LogP contribution in [0.15, 0.2) is 30.5 Å². The smallest absolute Gasteiger partial charge is 0.272 e. The molecule has 0 unspecified atom stereocenters. The van der Waals surface area contributed by atoms with E-state index in [1.807, 2.05) is 23.9 Å². The molecule has 1 aromatic carbocycles. The molecule has 2 rings (SSSR count). The summed E-state index contributed by atoms with van der Waals surface area (Å²) in [4.78, 5) is 22.3. The molecule has 0 aliphatic heterocycles. The third-order valence-corrected chi connectivity index (χ3v) is 3.28. The van der Waals surface area contributed by atoms with Crippen molar-refractivity contribution >= 4 is 11.6 Å². The van der Waals surface area contributed by atoms with E-state index in [2.05, 4.69) is 10.4 Å². The maximum atomic E-state index is 12.0. The summed E-state index contributed by atoms with van der Waals surface area (Å²) in [6.07, 6.45) is 2.66. The lowest BCUT2D eigenvalue weighted by Crippen LogP contribution is -2.25. The average molecular weight is 302 g/mol. The zero-order valence-electron chi connectivity index (χ0n) is 12.6. The Bertz CT molecular complexity index is 694. The van der Waals surface area contributed by atoms with Crippen LogP contribution in [0.3, 0.4) is 0 Å². The number of nitrogens with one attached hydrogen (secondary N) is 1. The summed E-state index contributed by atoms with van der Waals surface area (Å²) in [5, 5.41) is 17.8. The van der Waals surface area contributed by atoms with Gasteiger partial charge < -0.3 is 5.32 Å². The molecular weight excluding hydrogens is 284 g/mol. The van der Waals surface area contributed by atoms with Crippen LogP contribution in [-0.4, -0.2) is 27.2 Å². The largest absolute Gasteiger partial charge is 0.352 e. The summed E-state index contributed by atoms with van der Waals surface area (Å²) in [5.74, 6) is -0.227. The minimum absolute atomic E-state index is 0.0191. The molecule has 7 nitrogen and oxygen atoms in total. The van der Waals surface area contributed by atoms with Crippen LogP contribution in [0.2, 0.25) is 0 Å². The van der Waals surface area contributed by atoms with Gasteiger partial charge in [-0.2, -0.15) is 5.10 Å². The molecule has 1 heterocycles. The van der Waals surface area contributed by atoms with E-state index in [1.54, 1.807) is 6.92 Å². The van der Waals surface area contributed by atoms with Crippen molar-refractivity contribution in [3.05, 3.63) is 57.4 Å². The number of hydrogen-bond acceptors (Lipinski definition) is 4. The van der Waals surface area contributed by atoms with E-state index in [-0.39, 0.29) is 11.6 Å². The topological polar surface area (TPSA) is 90.1 Å². The van der Waals surface area contributed by atoms with Crippen molar-refractivity contribution in [1.82, 2.24) is 15.1 Å². The van der Waals surface area contributed by atoms with Gasteiger partial charge in [-0.15, -0.1) is 0 Å². The van der Waals surface area contributed by atoms with Gasteiger partial charge in [0.25, 0.3) is 11.6 Å². The van der Waals surface area contributed by atoms with Crippen LogP contribution in [0.25, 0.3) is 0 Å². The summed E-state index contributed by atoms with van der Waals surface area (Å²) in [6, 6.07) is 6.29. The van der Waals surface area contributed by atoms with Crippen LogP contribution < -0.4 is 5.32 Å². The molecular formula is C15H18N4O3. The van der Waals surface area contributed by atoms with Gasteiger partial charge in [0.15, 0.2) is 0 Å². The number of benzene rings is 1. The highest BCUT2D eigenvalue weighted by Gasteiger charge is 2.13. The van der Waals surface area contributed by atoms with Gasteiger partial charge in [-0.05, 0) is 38.5 Å². The number of aryl methyl sites for hydroxylation is 3. The van der Waals surface area contributed by atoms with Gasteiger partial charge in [0.1, 0.15) is 0 Å². The fourth-order valence-electron chi connectivity index (χ4n) is 2.13. The quantitative estimate of drug-likeness (QED) is 0.503. The first-order chi connectivity index (χ1) is 10.5. The Morgan fingerprint density at radius 3 is 2.73 bits per heavy atom. The molecule has 1 aromatic heterocycles. The van der Waals surface area contributed by atoms with E-state index in [1.165, 1.54) is 18.2 Å². The van der Waals surface area contributed by atoms with E-state index in [0.717, 1.165) is 18.7 Å². The third-order valence-electron chi connectivity index (χ3n) is 3.28.